The Hall–Kier alpha value is -1.81. The molecule has 4 heteroatoms. The van der Waals surface area contributed by atoms with Crippen LogP contribution in [0.2, 0.25) is 0 Å². The van der Waals surface area contributed by atoms with Crippen molar-refractivity contribution in [2.75, 3.05) is 6.54 Å². The van der Waals surface area contributed by atoms with E-state index in [9.17, 15) is 13.2 Å². The lowest BCUT2D eigenvalue weighted by Crippen LogP contribution is -2.10. The summed E-state index contributed by atoms with van der Waals surface area (Å²) in [5.41, 5.74) is 2.18. The third-order valence-corrected chi connectivity index (χ3v) is 3.98. The van der Waals surface area contributed by atoms with Gasteiger partial charge < -0.3 is 5.32 Å². The molecule has 0 saturated heterocycles. The molecule has 1 nitrogen and oxygen atoms in total. The van der Waals surface area contributed by atoms with Gasteiger partial charge in [0.2, 0.25) is 0 Å². The van der Waals surface area contributed by atoms with Crippen molar-refractivity contribution in [3.8, 4) is 0 Å². The molecule has 130 valence electrons. The van der Waals surface area contributed by atoms with Gasteiger partial charge in [0.25, 0.3) is 0 Å². The molecule has 0 heterocycles. The van der Waals surface area contributed by atoms with E-state index >= 15 is 0 Å². The van der Waals surface area contributed by atoms with E-state index in [1.54, 1.807) is 6.07 Å². The monoisotopic (exact) mass is 334 g/mol. The van der Waals surface area contributed by atoms with Crippen molar-refractivity contribution in [1.29, 1.82) is 0 Å². The maximum absolute atomic E-state index is 12.9. The van der Waals surface area contributed by atoms with Crippen LogP contribution in [0.15, 0.2) is 48.5 Å². The van der Waals surface area contributed by atoms with E-state index in [0.29, 0.717) is 25.1 Å². The normalized spacial score (nSPS) is 12.4. The lowest BCUT2D eigenvalue weighted by molar-refractivity contribution is -0.138. The zero-order valence-electron chi connectivity index (χ0n) is 14.3. The Labute approximate surface area is 141 Å². The molecule has 0 unspecified atom stereocenters. The van der Waals surface area contributed by atoms with Gasteiger partial charge in [-0.2, -0.15) is 13.2 Å². The Morgan fingerprint density at radius 2 is 1.50 bits per heavy atom. The van der Waals surface area contributed by atoms with Gasteiger partial charge in [0.1, 0.15) is 0 Å². The molecule has 0 radical (unpaired) electrons. The summed E-state index contributed by atoms with van der Waals surface area (Å²) in [6.07, 6.45) is -4.00. The van der Waals surface area contributed by atoms with Gasteiger partial charge in [-0.1, -0.05) is 68.8 Å². The molecule has 0 amide bonds. The number of hydrogen-bond donors (Lipinski definition) is 0. The molecule has 0 spiro atoms. The SMILES string of the molecule is CC(C)(C)c1ccc(C[N-]CCc2ccccc2C(F)(F)F)cc1. The van der Waals surface area contributed by atoms with Crippen molar-refractivity contribution in [2.24, 2.45) is 0 Å². The van der Waals surface area contributed by atoms with Crippen LogP contribution in [0.5, 0.6) is 0 Å². The number of nitrogens with zero attached hydrogens (tertiary/aromatic N) is 1. The highest BCUT2D eigenvalue weighted by Gasteiger charge is 2.32. The Balaban J connectivity index is 1.88. The molecular weight excluding hydrogens is 311 g/mol. The van der Waals surface area contributed by atoms with E-state index in [2.05, 4.69) is 38.2 Å². The lowest BCUT2D eigenvalue weighted by atomic mass is 9.87. The fraction of sp³-hybridized carbons (Fsp3) is 0.400. The molecule has 0 aliphatic carbocycles. The van der Waals surface area contributed by atoms with Gasteiger partial charge in [-0.3, -0.25) is 0 Å². The van der Waals surface area contributed by atoms with Crippen molar-refractivity contribution < 1.29 is 13.2 Å². The van der Waals surface area contributed by atoms with Crippen LogP contribution in [0.4, 0.5) is 13.2 Å². The molecule has 0 aliphatic rings. The highest BCUT2D eigenvalue weighted by Crippen LogP contribution is 2.32. The Kier molecular flexibility index (Phi) is 5.70. The summed E-state index contributed by atoms with van der Waals surface area (Å²) in [7, 11) is 0. The van der Waals surface area contributed by atoms with Gasteiger partial charge >= 0.3 is 6.18 Å². The van der Waals surface area contributed by atoms with Gasteiger partial charge in [-0.25, -0.2) is 0 Å². The van der Waals surface area contributed by atoms with Crippen molar-refractivity contribution >= 4 is 0 Å². The molecule has 2 aromatic carbocycles. The van der Waals surface area contributed by atoms with Crippen LogP contribution in [0.1, 0.15) is 43.0 Å². The fourth-order valence-corrected chi connectivity index (χ4v) is 2.53. The highest BCUT2D eigenvalue weighted by atomic mass is 19.4. The van der Waals surface area contributed by atoms with Gasteiger partial charge in [-0.15, -0.1) is 13.1 Å². The summed E-state index contributed by atoms with van der Waals surface area (Å²) >= 11 is 0. The molecule has 0 bridgehead atoms. The average Bonchev–Trinajstić information content (AvgIpc) is 2.50. The minimum atomic E-state index is -4.31. The van der Waals surface area contributed by atoms with E-state index < -0.39 is 11.7 Å². The van der Waals surface area contributed by atoms with Crippen molar-refractivity contribution in [1.82, 2.24) is 0 Å². The Morgan fingerprint density at radius 1 is 0.875 bits per heavy atom. The maximum Gasteiger partial charge on any atom is 0.416 e. The van der Waals surface area contributed by atoms with Gasteiger partial charge in [0.15, 0.2) is 0 Å². The second-order valence-corrected chi connectivity index (χ2v) is 6.96. The van der Waals surface area contributed by atoms with E-state index in [4.69, 9.17) is 0 Å². The highest BCUT2D eigenvalue weighted by molar-refractivity contribution is 5.31. The molecule has 2 rings (SSSR count). The summed E-state index contributed by atoms with van der Waals surface area (Å²) < 4.78 is 38.8. The average molecular weight is 334 g/mol. The second-order valence-electron chi connectivity index (χ2n) is 6.96. The molecular formula is C20H23F3N-. The zero-order valence-corrected chi connectivity index (χ0v) is 14.3. The third kappa shape index (κ3) is 5.10. The lowest BCUT2D eigenvalue weighted by Gasteiger charge is -2.22. The van der Waals surface area contributed by atoms with E-state index in [1.165, 1.54) is 17.7 Å². The van der Waals surface area contributed by atoms with Crippen LogP contribution in [-0.4, -0.2) is 6.54 Å². The zero-order chi connectivity index (χ0) is 17.8. The first-order valence-electron chi connectivity index (χ1n) is 8.06. The molecule has 0 N–H and O–H groups in total. The Bertz CT molecular complexity index is 652. The van der Waals surface area contributed by atoms with E-state index in [0.717, 1.165) is 11.6 Å². The minimum Gasteiger partial charge on any atom is -0.658 e. The number of benzene rings is 2. The third-order valence-electron chi connectivity index (χ3n) is 3.98. The van der Waals surface area contributed by atoms with Gasteiger partial charge in [0, 0.05) is 0 Å². The van der Waals surface area contributed by atoms with Crippen LogP contribution in [-0.2, 0) is 24.6 Å². The molecule has 24 heavy (non-hydrogen) atoms. The first-order valence-corrected chi connectivity index (χ1v) is 8.06. The predicted octanol–water partition coefficient (Wildman–Crippen LogP) is 6.12. The van der Waals surface area contributed by atoms with Gasteiger partial charge in [-0.05, 0) is 29.0 Å². The standard InChI is InChI=1S/C20H23F3N/c1-19(2,3)17-10-8-15(9-11-17)14-24-13-12-16-6-4-5-7-18(16)20(21,22)23/h4-11H,12-14H2,1-3H3/q-1. The van der Waals surface area contributed by atoms with Crippen LogP contribution in [0, 0.1) is 0 Å². The summed E-state index contributed by atoms with van der Waals surface area (Å²) in [4.78, 5) is 0. The predicted molar refractivity (Wildman–Crippen MR) is 92.2 cm³/mol. The second kappa shape index (κ2) is 7.39. The molecule has 0 aromatic heterocycles. The van der Waals surface area contributed by atoms with Gasteiger partial charge in [0.05, 0.1) is 5.56 Å². The summed E-state index contributed by atoms with van der Waals surface area (Å²) in [6, 6.07) is 13.9. The van der Waals surface area contributed by atoms with Crippen LogP contribution in [0.3, 0.4) is 0 Å². The van der Waals surface area contributed by atoms with Crippen molar-refractivity contribution in [3.63, 3.8) is 0 Å². The van der Waals surface area contributed by atoms with Crippen LogP contribution >= 0.6 is 0 Å². The number of alkyl halides is 3. The maximum atomic E-state index is 12.9. The number of hydrogen-bond acceptors (Lipinski definition) is 0. The van der Waals surface area contributed by atoms with Crippen LogP contribution < -0.4 is 0 Å². The molecule has 0 atom stereocenters. The molecule has 0 saturated carbocycles. The summed E-state index contributed by atoms with van der Waals surface area (Å²) in [5, 5.41) is 4.38. The molecule has 0 aliphatic heterocycles. The number of rotatable bonds is 5. The van der Waals surface area contributed by atoms with Crippen molar-refractivity contribution in [2.45, 2.75) is 45.3 Å². The topological polar surface area (TPSA) is 14.1 Å². The molecule has 2 aromatic rings. The molecule has 0 fully saturated rings. The smallest absolute Gasteiger partial charge is 0.416 e. The van der Waals surface area contributed by atoms with E-state index in [-0.39, 0.29) is 5.41 Å². The van der Waals surface area contributed by atoms with E-state index in [1.807, 2.05) is 12.1 Å². The summed E-state index contributed by atoms with van der Waals surface area (Å²) in [6.45, 7) is 7.38. The first kappa shape index (κ1) is 18.5. The van der Waals surface area contributed by atoms with Crippen LogP contribution in [0.25, 0.3) is 5.32 Å². The Morgan fingerprint density at radius 3 is 2.08 bits per heavy atom. The van der Waals surface area contributed by atoms with Crippen molar-refractivity contribution in [3.05, 3.63) is 76.1 Å². The largest absolute Gasteiger partial charge is 0.658 e. The quantitative estimate of drug-likeness (QED) is 0.585. The summed E-state index contributed by atoms with van der Waals surface area (Å²) in [5.74, 6) is 0. The first-order chi connectivity index (χ1) is 11.2. The minimum absolute atomic E-state index is 0.108. The number of halogens is 3. The fourth-order valence-electron chi connectivity index (χ4n) is 2.53.